The van der Waals surface area contributed by atoms with Gasteiger partial charge < -0.3 is 4.98 Å². The second kappa shape index (κ2) is 4.25. The summed E-state index contributed by atoms with van der Waals surface area (Å²) in [6.45, 7) is 0. The van der Waals surface area contributed by atoms with Crippen LogP contribution in [0.5, 0.6) is 0 Å². The zero-order chi connectivity index (χ0) is 11.8. The molecular weight excluding hydrogens is 327 g/mol. The van der Waals surface area contributed by atoms with Crippen molar-refractivity contribution in [3.05, 3.63) is 50.1 Å². The lowest BCUT2D eigenvalue weighted by atomic mass is 10.1. The van der Waals surface area contributed by atoms with E-state index in [9.17, 15) is 4.79 Å². The summed E-state index contributed by atoms with van der Waals surface area (Å²) >= 11 is 2.06. The summed E-state index contributed by atoms with van der Waals surface area (Å²) in [5.74, 6) is 1.30. The molecular formula is C13H11IN2O. The molecule has 1 N–H and O–H groups in total. The van der Waals surface area contributed by atoms with Gasteiger partial charge in [0.05, 0.1) is 5.69 Å². The van der Waals surface area contributed by atoms with Gasteiger partial charge in [0.15, 0.2) is 0 Å². The fourth-order valence-corrected chi connectivity index (χ4v) is 2.38. The Hall–Kier alpha value is -1.17. The summed E-state index contributed by atoms with van der Waals surface area (Å²) in [7, 11) is 0. The average molecular weight is 338 g/mol. The third kappa shape index (κ3) is 2.13. The second-order valence-corrected chi connectivity index (χ2v) is 5.33. The molecule has 0 spiro atoms. The van der Waals surface area contributed by atoms with E-state index in [0.717, 1.165) is 29.9 Å². The Morgan fingerprint density at radius 1 is 1.24 bits per heavy atom. The molecule has 0 unspecified atom stereocenters. The molecule has 0 amide bonds. The number of hydrogen-bond donors (Lipinski definition) is 1. The Bertz CT molecular complexity index is 603. The summed E-state index contributed by atoms with van der Waals surface area (Å²) in [4.78, 5) is 19.3. The van der Waals surface area contributed by atoms with E-state index in [2.05, 4.69) is 32.6 Å². The molecule has 1 heterocycles. The van der Waals surface area contributed by atoms with Crippen LogP contribution in [-0.2, 0) is 0 Å². The molecule has 0 radical (unpaired) electrons. The first-order valence-corrected chi connectivity index (χ1v) is 6.68. The van der Waals surface area contributed by atoms with E-state index in [1.54, 1.807) is 0 Å². The molecule has 0 aliphatic heterocycles. The lowest BCUT2D eigenvalue weighted by Gasteiger charge is -2.05. The molecule has 86 valence electrons. The van der Waals surface area contributed by atoms with Gasteiger partial charge in [-0.05, 0) is 35.4 Å². The molecule has 2 aromatic rings. The van der Waals surface area contributed by atoms with E-state index >= 15 is 0 Å². The molecule has 1 aliphatic rings. The summed E-state index contributed by atoms with van der Waals surface area (Å²) in [5.41, 5.74) is 1.78. The molecule has 1 saturated carbocycles. The van der Waals surface area contributed by atoms with Crippen molar-refractivity contribution in [1.29, 1.82) is 0 Å². The van der Waals surface area contributed by atoms with Gasteiger partial charge in [-0.25, -0.2) is 4.98 Å². The number of benzene rings is 1. The van der Waals surface area contributed by atoms with E-state index in [1.807, 2.05) is 30.3 Å². The number of aromatic nitrogens is 2. The normalized spacial score (nSPS) is 14.9. The number of aromatic amines is 1. The number of halogens is 1. The fourth-order valence-electron chi connectivity index (χ4n) is 1.81. The molecule has 1 aromatic carbocycles. The minimum absolute atomic E-state index is 0.0265. The van der Waals surface area contributed by atoms with Crippen LogP contribution in [0.4, 0.5) is 0 Å². The summed E-state index contributed by atoms with van der Waals surface area (Å²) in [5, 5.41) is 0. The van der Waals surface area contributed by atoms with E-state index in [-0.39, 0.29) is 5.56 Å². The second-order valence-electron chi connectivity index (χ2n) is 4.25. The van der Waals surface area contributed by atoms with Gasteiger partial charge in [0.25, 0.3) is 5.56 Å². The first kappa shape index (κ1) is 11.0. The Kier molecular flexibility index (Phi) is 2.74. The van der Waals surface area contributed by atoms with Gasteiger partial charge in [-0.3, -0.25) is 4.79 Å². The van der Waals surface area contributed by atoms with Crippen molar-refractivity contribution in [3.63, 3.8) is 0 Å². The Balaban J connectivity index is 2.18. The molecule has 0 saturated heterocycles. The topological polar surface area (TPSA) is 45.8 Å². The monoisotopic (exact) mass is 338 g/mol. The minimum Gasteiger partial charge on any atom is -0.309 e. The summed E-state index contributed by atoms with van der Waals surface area (Å²) < 4.78 is 0.665. The third-order valence-corrected chi connectivity index (χ3v) is 3.89. The lowest BCUT2D eigenvalue weighted by Crippen LogP contribution is -2.15. The maximum atomic E-state index is 11.9. The van der Waals surface area contributed by atoms with Crippen LogP contribution < -0.4 is 5.56 Å². The van der Waals surface area contributed by atoms with E-state index < -0.39 is 0 Å². The highest BCUT2D eigenvalue weighted by atomic mass is 127. The zero-order valence-corrected chi connectivity index (χ0v) is 11.3. The maximum Gasteiger partial charge on any atom is 0.264 e. The highest BCUT2D eigenvalue weighted by Crippen LogP contribution is 2.38. The molecule has 1 aliphatic carbocycles. The van der Waals surface area contributed by atoms with Gasteiger partial charge in [0.2, 0.25) is 0 Å². The predicted molar refractivity (Wildman–Crippen MR) is 75.0 cm³/mol. The highest BCUT2D eigenvalue weighted by molar-refractivity contribution is 14.1. The summed E-state index contributed by atoms with van der Waals surface area (Å²) in [6, 6.07) is 9.86. The average Bonchev–Trinajstić information content (AvgIpc) is 3.18. The molecule has 17 heavy (non-hydrogen) atoms. The molecule has 0 bridgehead atoms. The third-order valence-electron chi connectivity index (χ3n) is 2.89. The quantitative estimate of drug-likeness (QED) is 0.856. The van der Waals surface area contributed by atoms with Crippen molar-refractivity contribution in [2.24, 2.45) is 0 Å². The number of nitrogens with zero attached hydrogens (tertiary/aromatic N) is 1. The van der Waals surface area contributed by atoms with Gasteiger partial charge in [-0.2, -0.15) is 0 Å². The Morgan fingerprint density at radius 3 is 2.59 bits per heavy atom. The van der Waals surface area contributed by atoms with Crippen molar-refractivity contribution in [1.82, 2.24) is 9.97 Å². The molecule has 1 fully saturated rings. The van der Waals surface area contributed by atoms with Crippen molar-refractivity contribution < 1.29 is 0 Å². The molecule has 0 atom stereocenters. The van der Waals surface area contributed by atoms with Gasteiger partial charge >= 0.3 is 0 Å². The van der Waals surface area contributed by atoms with Crippen LogP contribution in [0.15, 0.2) is 35.1 Å². The largest absolute Gasteiger partial charge is 0.309 e. The van der Waals surface area contributed by atoms with Crippen molar-refractivity contribution >= 4 is 22.6 Å². The number of rotatable bonds is 2. The number of H-pyrrole nitrogens is 1. The van der Waals surface area contributed by atoms with Gasteiger partial charge in [0, 0.05) is 11.5 Å². The highest BCUT2D eigenvalue weighted by Gasteiger charge is 2.27. The first-order valence-electron chi connectivity index (χ1n) is 5.61. The van der Waals surface area contributed by atoms with Crippen LogP contribution in [0.25, 0.3) is 11.3 Å². The van der Waals surface area contributed by atoms with Crippen molar-refractivity contribution in [2.45, 2.75) is 18.8 Å². The minimum atomic E-state index is -0.0265. The summed E-state index contributed by atoms with van der Waals surface area (Å²) in [6.07, 6.45) is 2.27. The van der Waals surface area contributed by atoms with E-state index in [0.29, 0.717) is 9.49 Å². The lowest BCUT2D eigenvalue weighted by molar-refractivity contribution is 0.905. The van der Waals surface area contributed by atoms with Gasteiger partial charge in [0.1, 0.15) is 9.39 Å². The van der Waals surface area contributed by atoms with Crippen molar-refractivity contribution in [3.8, 4) is 11.3 Å². The number of hydrogen-bond acceptors (Lipinski definition) is 2. The molecule has 3 nitrogen and oxygen atoms in total. The standard InChI is InChI=1S/C13H11IN2O/c14-10-11(8-4-2-1-3-5-8)15-12(9-6-7-9)16-13(10)17/h1-5,9H,6-7H2,(H,15,16,17). The SMILES string of the molecule is O=c1[nH]c(C2CC2)nc(-c2ccccc2)c1I. The molecule has 3 rings (SSSR count). The molecule has 1 aromatic heterocycles. The van der Waals surface area contributed by atoms with Gasteiger partial charge in [-0.15, -0.1) is 0 Å². The Labute approximate surface area is 112 Å². The van der Waals surface area contributed by atoms with Crippen LogP contribution in [0.1, 0.15) is 24.6 Å². The van der Waals surface area contributed by atoms with Crippen LogP contribution in [0.2, 0.25) is 0 Å². The van der Waals surface area contributed by atoms with E-state index in [4.69, 9.17) is 0 Å². The first-order chi connectivity index (χ1) is 8.25. The Morgan fingerprint density at radius 2 is 1.94 bits per heavy atom. The van der Waals surface area contributed by atoms with Crippen LogP contribution in [0.3, 0.4) is 0 Å². The molecule has 4 heteroatoms. The zero-order valence-electron chi connectivity index (χ0n) is 9.11. The van der Waals surface area contributed by atoms with Gasteiger partial charge in [-0.1, -0.05) is 30.3 Å². The van der Waals surface area contributed by atoms with Crippen LogP contribution in [-0.4, -0.2) is 9.97 Å². The van der Waals surface area contributed by atoms with Crippen LogP contribution >= 0.6 is 22.6 Å². The van der Waals surface area contributed by atoms with E-state index in [1.165, 1.54) is 0 Å². The fraction of sp³-hybridized carbons (Fsp3) is 0.231. The maximum absolute atomic E-state index is 11.9. The van der Waals surface area contributed by atoms with Crippen molar-refractivity contribution in [2.75, 3.05) is 0 Å². The smallest absolute Gasteiger partial charge is 0.264 e. The van der Waals surface area contributed by atoms with Crippen LogP contribution in [0, 0.1) is 3.57 Å². The predicted octanol–water partition coefficient (Wildman–Crippen LogP) is 2.92. The number of nitrogens with one attached hydrogen (secondary N) is 1.